The Bertz CT molecular complexity index is 329. The minimum atomic E-state index is -3.40. The van der Waals surface area contributed by atoms with Gasteiger partial charge in [0.25, 0.3) is 10.2 Å². The second-order valence-electron chi connectivity index (χ2n) is 3.57. The SMILES string of the molecule is CCCNS(=O)(=O)N1CCCC1C(N)=S. The molecule has 1 aliphatic rings. The van der Waals surface area contributed by atoms with E-state index in [4.69, 9.17) is 18.0 Å². The summed E-state index contributed by atoms with van der Waals surface area (Å²) in [5, 5.41) is 0. The second kappa shape index (κ2) is 5.20. The highest BCUT2D eigenvalue weighted by Crippen LogP contribution is 2.20. The molecular weight excluding hydrogens is 234 g/mol. The van der Waals surface area contributed by atoms with E-state index in [2.05, 4.69) is 4.72 Å². The van der Waals surface area contributed by atoms with Crippen LogP contribution in [0.25, 0.3) is 0 Å². The Morgan fingerprint density at radius 2 is 2.33 bits per heavy atom. The van der Waals surface area contributed by atoms with E-state index in [0.29, 0.717) is 13.1 Å². The first-order chi connectivity index (χ1) is 6.99. The monoisotopic (exact) mass is 251 g/mol. The number of hydrogen-bond donors (Lipinski definition) is 2. The van der Waals surface area contributed by atoms with Crippen LogP contribution in [0.3, 0.4) is 0 Å². The maximum atomic E-state index is 11.8. The zero-order chi connectivity index (χ0) is 11.5. The molecule has 0 aromatic rings. The van der Waals surface area contributed by atoms with Crippen LogP contribution in [0, 0.1) is 0 Å². The predicted molar refractivity (Wildman–Crippen MR) is 63.7 cm³/mol. The lowest BCUT2D eigenvalue weighted by molar-refractivity contribution is 0.436. The van der Waals surface area contributed by atoms with Gasteiger partial charge in [0.05, 0.1) is 11.0 Å². The highest BCUT2D eigenvalue weighted by Gasteiger charge is 2.35. The van der Waals surface area contributed by atoms with Gasteiger partial charge in [-0.2, -0.15) is 12.7 Å². The molecule has 0 saturated carbocycles. The molecule has 1 saturated heterocycles. The first-order valence-electron chi connectivity index (χ1n) is 5.04. The number of nitrogens with zero attached hydrogens (tertiary/aromatic N) is 1. The smallest absolute Gasteiger partial charge is 0.280 e. The number of nitrogens with two attached hydrogens (primary N) is 1. The van der Waals surface area contributed by atoms with Crippen molar-refractivity contribution < 1.29 is 8.42 Å². The Morgan fingerprint density at radius 1 is 1.67 bits per heavy atom. The first-order valence-corrected chi connectivity index (χ1v) is 6.89. The molecule has 1 rings (SSSR count). The molecule has 1 atom stereocenters. The average Bonchev–Trinajstić information content (AvgIpc) is 2.63. The minimum Gasteiger partial charge on any atom is -0.392 e. The number of nitrogens with one attached hydrogen (secondary N) is 1. The molecule has 5 nitrogen and oxygen atoms in total. The van der Waals surface area contributed by atoms with Crippen LogP contribution in [0.5, 0.6) is 0 Å². The van der Waals surface area contributed by atoms with Crippen molar-refractivity contribution in [2.45, 2.75) is 32.2 Å². The molecule has 0 aliphatic carbocycles. The fraction of sp³-hybridized carbons (Fsp3) is 0.875. The van der Waals surface area contributed by atoms with Crippen molar-refractivity contribution in [2.75, 3.05) is 13.1 Å². The molecule has 7 heteroatoms. The van der Waals surface area contributed by atoms with Crippen molar-refractivity contribution in [1.29, 1.82) is 0 Å². The molecule has 15 heavy (non-hydrogen) atoms. The normalized spacial score (nSPS) is 23.1. The van der Waals surface area contributed by atoms with Crippen LogP contribution in [0.1, 0.15) is 26.2 Å². The van der Waals surface area contributed by atoms with Crippen molar-refractivity contribution in [3.05, 3.63) is 0 Å². The van der Waals surface area contributed by atoms with Gasteiger partial charge in [-0.25, -0.2) is 4.72 Å². The fourth-order valence-electron chi connectivity index (χ4n) is 1.63. The highest BCUT2D eigenvalue weighted by atomic mass is 32.2. The third-order valence-corrected chi connectivity index (χ3v) is 4.27. The summed E-state index contributed by atoms with van der Waals surface area (Å²) in [7, 11) is -3.40. The van der Waals surface area contributed by atoms with Crippen LogP contribution < -0.4 is 10.5 Å². The second-order valence-corrected chi connectivity index (χ2v) is 5.75. The maximum absolute atomic E-state index is 11.8. The van der Waals surface area contributed by atoms with Gasteiger partial charge in [0, 0.05) is 13.1 Å². The lowest BCUT2D eigenvalue weighted by Crippen LogP contribution is -2.48. The maximum Gasteiger partial charge on any atom is 0.280 e. The molecule has 1 aliphatic heterocycles. The van der Waals surface area contributed by atoms with E-state index >= 15 is 0 Å². The van der Waals surface area contributed by atoms with E-state index in [1.54, 1.807) is 0 Å². The predicted octanol–water partition coefficient (Wildman–Crippen LogP) is -0.0187. The molecule has 88 valence electrons. The van der Waals surface area contributed by atoms with E-state index in [9.17, 15) is 8.42 Å². The van der Waals surface area contributed by atoms with Crippen molar-refractivity contribution in [3.8, 4) is 0 Å². The van der Waals surface area contributed by atoms with Crippen LogP contribution in [0.4, 0.5) is 0 Å². The van der Waals surface area contributed by atoms with Crippen LogP contribution in [0.15, 0.2) is 0 Å². The van der Waals surface area contributed by atoms with Crippen LogP contribution in [-0.4, -0.2) is 36.8 Å². The Hall–Kier alpha value is -0.240. The van der Waals surface area contributed by atoms with E-state index in [0.717, 1.165) is 19.3 Å². The van der Waals surface area contributed by atoms with Crippen molar-refractivity contribution in [2.24, 2.45) is 5.73 Å². The lowest BCUT2D eigenvalue weighted by Gasteiger charge is -2.23. The van der Waals surface area contributed by atoms with Gasteiger partial charge in [0.2, 0.25) is 0 Å². The molecule has 1 unspecified atom stereocenters. The van der Waals surface area contributed by atoms with E-state index in [1.807, 2.05) is 6.92 Å². The zero-order valence-electron chi connectivity index (χ0n) is 8.77. The molecule has 3 N–H and O–H groups in total. The standard InChI is InChI=1S/C8H17N3O2S2/c1-2-5-10-15(12,13)11-6-3-4-7(11)8(9)14/h7,10H,2-6H2,1H3,(H2,9,14). The van der Waals surface area contributed by atoms with Gasteiger partial charge >= 0.3 is 0 Å². The Kier molecular flexibility index (Phi) is 4.45. The molecular formula is C8H17N3O2S2. The molecule has 0 bridgehead atoms. The molecule has 0 aromatic carbocycles. The molecule has 0 aromatic heterocycles. The van der Waals surface area contributed by atoms with Crippen LogP contribution in [-0.2, 0) is 10.2 Å². The topological polar surface area (TPSA) is 75.4 Å². The number of rotatable bonds is 5. The van der Waals surface area contributed by atoms with Gasteiger partial charge in [0.1, 0.15) is 0 Å². The quantitative estimate of drug-likeness (QED) is 0.673. The Labute approximate surface area is 96.2 Å². The summed E-state index contributed by atoms with van der Waals surface area (Å²) in [6.07, 6.45) is 2.31. The van der Waals surface area contributed by atoms with Crippen molar-refractivity contribution >= 4 is 27.4 Å². The van der Waals surface area contributed by atoms with Gasteiger partial charge in [-0.15, -0.1) is 0 Å². The fourth-order valence-corrected chi connectivity index (χ4v) is 3.49. The van der Waals surface area contributed by atoms with E-state index in [1.165, 1.54) is 4.31 Å². The summed E-state index contributed by atoms with van der Waals surface area (Å²) in [6, 6.07) is -0.311. The summed E-state index contributed by atoms with van der Waals surface area (Å²) in [5.41, 5.74) is 5.51. The summed E-state index contributed by atoms with van der Waals surface area (Å²) in [4.78, 5) is 0.259. The zero-order valence-corrected chi connectivity index (χ0v) is 10.4. The summed E-state index contributed by atoms with van der Waals surface area (Å²) >= 11 is 4.86. The van der Waals surface area contributed by atoms with Crippen LogP contribution in [0.2, 0.25) is 0 Å². The molecule has 1 heterocycles. The summed E-state index contributed by atoms with van der Waals surface area (Å²) in [6.45, 7) is 2.86. The van der Waals surface area contributed by atoms with E-state index in [-0.39, 0.29) is 11.0 Å². The highest BCUT2D eigenvalue weighted by molar-refractivity contribution is 7.87. The number of thiocarbonyl (C=S) groups is 1. The number of hydrogen-bond acceptors (Lipinski definition) is 3. The van der Waals surface area contributed by atoms with Gasteiger partial charge < -0.3 is 5.73 Å². The largest absolute Gasteiger partial charge is 0.392 e. The lowest BCUT2D eigenvalue weighted by atomic mass is 10.2. The average molecular weight is 251 g/mol. The summed E-state index contributed by atoms with van der Waals surface area (Å²) in [5.74, 6) is 0. The molecule has 0 amide bonds. The van der Waals surface area contributed by atoms with Gasteiger partial charge in [-0.05, 0) is 19.3 Å². The van der Waals surface area contributed by atoms with Crippen molar-refractivity contribution in [1.82, 2.24) is 9.03 Å². The van der Waals surface area contributed by atoms with Gasteiger partial charge in [-0.1, -0.05) is 19.1 Å². The third kappa shape index (κ3) is 3.10. The Balaban J connectivity index is 2.73. The van der Waals surface area contributed by atoms with Gasteiger partial charge in [-0.3, -0.25) is 0 Å². The molecule has 0 spiro atoms. The summed E-state index contributed by atoms with van der Waals surface area (Å²) < 4.78 is 27.5. The Morgan fingerprint density at radius 3 is 2.87 bits per heavy atom. The van der Waals surface area contributed by atoms with Crippen LogP contribution >= 0.6 is 12.2 Å². The minimum absolute atomic E-state index is 0.259. The van der Waals surface area contributed by atoms with Gasteiger partial charge in [0.15, 0.2) is 0 Å². The first kappa shape index (κ1) is 12.8. The third-order valence-electron chi connectivity index (χ3n) is 2.38. The van der Waals surface area contributed by atoms with Crippen molar-refractivity contribution in [3.63, 3.8) is 0 Å². The molecule has 1 fully saturated rings. The van der Waals surface area contributed by atoms with E-state index < -0.39 is 10.2 Å². The molecule has 0 radical (unpaired) electrons.